The average molecular weight is 388 g/mol. The predicted molar refractivity (Wildman–Crippen MR) is 67.9 cm³/mol. The third kappa shape index (κ3) is 3.95. The molecular weight excluding hydrogens is 380 g/mol. The van der Waals surface area contributed by atoms with E-state index in [0.717, 1.165) is 0 Å². The van der Waals surface area contributed by atoms with Gasteiger partial charge >= 0.3 is 0 Å². The Hall–Kier alpha value is -0.640. The average Bonchev–Trinajstić information content (AvgIpc) is 2.14. The number of halogens is 2. The Morgan fingerprint density at radius 3 is 2.12 bits per heavy atom. The van der Waals surface area contributed by atoms with Gasteiger partial charge in [-0.15, -0.1) is 0 Å². The maximum atomic E-state index is 11.1. The van der Waals surface area contributed by atoms with Crippen molar-refractivity contribution in [2.75, 3.05) is 6.61 Å². The fourth-order valence-electron chi connectivity index (χ4n) is 0.982. The summed E-state index contributed by atoms with van der Waals surface area (Å²) in [4.78, 5) is 10.5. The van der Waals surface area contributed by atoms with E-state index in [1.54, 1.807) is 0 Å². The fourth-order valence-corrected chi connectivity index (χ4v) is 3.26. The van der Waals surface area contributed by atoms with Crippen LogP contribution in [0.4, 0.5) is 0 Å². The van der Waals surface area contributed by atoms with Crippen molar-refractivity contribution in [2.24, 2.45) is 10.9 Å². The highest BCUT2D eigenvalue weighted by Crippen LogP contribution is 2.35. The lowest BCUT2D eigenvalue weighted by Crippen LogP contribution is -2.20. The van der Waals surface area contributed by atoms with Crippen molar-refractivity contribution in [3.63, 3.8) is 0 Å². The van der Waals surface area contributed by atoms with E-state index in [4.69, 9.17) is 15.6 Å². The minimum atomic E-state index is -3.80. The van der Waals surface area contributed by atoms with Gasteiger partial charge in [-0.1, -0.05) is 0 Å². The van der Waals surface area contributed by atoms with Crippen LogP contribution in [0.15, 0.2) is 26.0 Å². The number of sulfonamides is 1. The first-order valence-corrected chi connectivity index (χ1v) is 7.28. The second-order valence-corrected chi connectivity index (χ2v) is 6.29. The SMILES string of the molecule is NC(=O)COc1c(Br)cc(S(N)(=O)=O)cc1Br. The Kier molecular flexibility index (Phi) is 4.53. The molecule has 17 heavy (non-hydrogen) atoms. The largest absolute Gasteiger partial charge is 0.481 e. The zero-order valence-corrected chi connectivity index (χ0v) is 12.3. The third-order valence-electron chi connectivity index (χ3n) is 1.66. The monoisotopic (exact) mass is 386 g/mol. The van der Waals surface area contributed by atoms with Crippen molar-refractivity contribution in [1.29, 1.82) is 0 Å². The van der Waals surface area contributed by atoms with E-state index in [0.29, 0.717) is 8.95 Å². The van der Waals surface area contributed by atoms with E-state index in [9.17, 15) is 13.2 Å². The molecule has 0 radical (unpaired) electrons. The molecule has 0 aliphatic heterocycles. The first-order chi connectivity index (χ1) is 7.71. The Morgan fingerprint density at radius 2 is 1.76 bits per heavy atom. The van der Waals surface area contributed by atoms with Gasteiger partial charge in [0.2, 0.25) is 10.0 Å². The standard InChI is InChI=1S/C8H8Br2N2O4S/c9-5-1-4(17(12,14)15)2-6(10)8(5)16-3-7(11)13/h1-2H,3H2,(H2,11,13)(H2,12,14,15). The summed E-state index contributed by atoms with van der Waals surface area (Å²) in [5.74, 6) is -0.365. The number of amides is 1. The van der Waals surface area contributed by atoms with Gasteiger partial charge in [-0.2, -0.15) is 0 Å². The van der Waals surface area contributed by atoms with Crippen molar-refractivity contribution >= 4 is 47.8 Å². The Balaban J connectivity index is 3.15. The number of carbonyl (C=O) groups is 1. The van der Waals surface area contributed by atoms with Crippen molar-refractivity contribution in [1.82, 2.24) is 0 Å². The molecule has 0 unspecified atom stereocenters. The Bertz CT molecular complexity index is 536. The van der Waals surface area contributed by atoms with E-state index in [-0.39, 0.29) is 17.3 Å². The van der Waals surface area contributed by atoms with Gasteiger partial charge in [0.25, 0.3) is 5.91 Å². The van der Waals surface area contributed by atoms with Gasteiger partial charge in [-0.25, -0.2) is 13.6 Å². The number of benzene rings is 1. The first-order valence-electron chi connectivity index (χ1n) is 4.14. The molecule has 9 heteroatoms. The summed E-state index contributed by atoms with van der Waals surface area (Å²) in [5.41, 5.74) is 4.93. The lowest BCUT2D eigenvalue weighted by atomic mass is 10.3. The van der Waals surface area contributed by atoms with Gasteiger partial charge < -0.3 is 10.5 Å². The highest BCUT2D eigenvalue weighted by atomic mass is 79.9. The summed E-state index contributed by atoms with van der Waals surface area (Å²) < 4.78 is 28.1. The van der Waals surface area contributed by atoms with Crippen LogP contribution in [-0.2, 0) is 14.8 Å². The van der Waals surface area contributed by atoms with Crippen LogP contribution in [0.1, 0.15) is 0 Å². The topological polar surface area (TPSA) is 112 Å². The molecule has 1 rings (SSSR count). The van der Waals surface area contributed by atoms with E-state index >= 15 is 0 Å². The van der Waals surface area contributed by atoms with Crippen molar-refractivity contribution in [2.45, 2.75) is 4.90 Å². The maximum Gasteiger partial charge on any atom is 0.255 e. The molecule has 6 nitrogen and oxygen atoms in total. The number of hydrogen-bond donors (Lipinski definition) is 2. The van der Waals surface area contributed by atoms with Crippen LogP contribution in [0.5, 0.6) is 5.75 Å². The predicted octanol–water partition coefficient (Wildman–Crippen LogP) is 0.723. The van der Waals surface area contributed by atoms with Crippen LogP contribution >= 0.6 is 31.9 Å². The highest BCUT2D eigenvalue weighted by Gasteiger charge is 2.15. The van der Waals surface area contributed by atoms with Crippen molar-refractivity contribution in [3.05, 3.63) is 21.1 Å². The number of primary sulfonamides is 1. The summed E-state index contributed by atoms with van der Waals surface area (Å²) in [6, 6.07) is 2.55. The molecule has 0 saturated carbocycles. The van der Waals surface area contributed by atoms with Crippen LogP contribution in [0.2, 0.25) is 0 Å². The summed E-state index contributed by atoms with van der Waals surface area (Å²) in [5, 5.41) is 4.98. The quantitative estimate of drug-likeness (QED) is 0.792. The number of rotatable bonds is 4. The molecule has 0 spiro atoms. The lowest BCUT2D eigenvalue weighted by Gasteiger charge is -2.10. The zero-order chi connectivity index (χ0) is 13.2. The maximum absolute atomic E-state index is 11.1. The molecule has 1 aromatic carbocycles. The number of primary amides is 1. The molecule has 4 N–H and O–H groups in total. The van der Waals surface area contributed by atoms with Crippen LogP contribution in [-0.4, -0.2) is 20.9 Å². The number of hydrogen-bond acceptors (Lipinski definition) is 4. The molecule has 0 fully saturated rings. The minimum Gasteiger partial charge on any atom is -0.481 e. The van der Waals surface area contributed by atoms with Crippen molar-refractivity contribution < 1.29 is 17.9 Å². The first kappa shape index (κ1) is 14.4. The van der Waals surface area contributed by atoms with Gasteiger partial charge in [0, 0.05) is 0 Å². The summed E-state index contributed by atoms with van der Waals surface area (Å²) in [7, 11) is -3.80. The van der Waals surface area contributed by atoms with E-state index < -0.39 is 15.9 Å². The van der Waals surface area contributed by atoms with Crippen LogP contribution < -0.4 is 15.6 Å². The molecule has 0 bridgehead atoms. The second-order valence-electron chi connectivity index (χ2n) is 3.02. The highest BCUT2D eigenvalue weighted by molar-refractivity contribution is 9.11. The number of ether oxygens (including phenoxy) is 1. The fraction of sp³-hybridized carbons (Fsp3) is 0.125. The molecular formula is C8H8Br2N2O4S. The number of nitrogens with two attached hydrogens (primary N) is 2. The van der Waals surface area contributed by atoms with E-state index in [1.807, 2.05) is 0 Å². The van der Waals surface area contributed by atoms with E-state index in [2.05, 4.69) is 31.9 Å². The molecule has 0 aromatic heterocycles. The third-order valence-corrected chi connectivity index (χ3v) is 3.73. The van der Waals surface area contributed by atoms with Crippen LogP contribution in [0, 0.1) is 0 Å². The Morgan fingerprint density at radius 1 is 1.29 bits per heavy atom. The van der Waals surface area contributed by atoms with Gasteiger partial charge in [-0.3, -0.25) is 4.79 Å². The minimum absolute atomic E-state index is 0.0809. The van der Waals surface area contributed by atoms with Gasteiger partial charge in [0.05, 0.1) is 13.8 Å². The normalized spacial score (nSPS) is 11.2. The molecule has 94 valence electrons. The molecule has 0 aliphatic carbocycles. The summed E-state index contributed by atoms with van der Waals surface area (Å²) >= 11 is 6.23. The lowest BCUT2D eigenvalue weighted by molar-refractivity contribution is -0.119. The van der Waals surface area contributed by atoms with Gasteiger partial charge in [-0.05, 0) is 44.0 Å². The van der Waals surface area contributed by atoms with E-state index in [1.165, 1.54) is 12.1 Å². The van der Waals surface area contributed by atoms with Gasteiger partial charge in [0.15, 0.2) is 6.61 Å². The second kappa shape index (κ2) is 5.34. The number of carbonyl (C=O) groups excluding carboxylic acids is 1. The zero-order valence-electron chi connectivity index (χ0n) is 8.31. The molecule has 0 aliphatic rings. The Labute approximate surface area is 115 Å². The molecule has 1 amide bonds. The molecule has 0 saturated heterocycles. The van der Waals surface area contributed by atoms with Crippen LogP contribution in [0.25, 0.3) is 0 Å². The van der Waals surface area contributed by atoms with Crippen molar-refractivity contribution in [3.8, 4) is 5.75 Å². The van der Waals surface area contributed by atoms with Gasteiger partial charge in [0.1, 0.15) is 5.75 Å². The molecule has 0 atom stereocenters. The molecule has 0 heterocycles. The summed E-state index contributed by atoms with van der Waals surface area (Å²) in [6.07, 6.45) is 0. The molecule has 1 aromatic rings. The van der Waals surface area contributed by atoms with Crippen LogP contribution in [0.3, 0.4) is 0 Å². The summed E-state index contributed by atoms with van der Waals surface area (Å²) in [6.45, 7) is -0.314. The smallest absolute Gasteiger partial charge is 0.255 e.